The van der Waals surface area contributed by atoms with Gasteiger partial charge >= 0.3 is 22.2 Å². The lowest BCUT2D eigenvalue weighted by Crippen LogP contribution is -2.40. The molecule has 1 fully saturated rings. The first-order valence-electron chi connectivity index (χ1n) is 8.34. The lowest BCUT2D eigenvalue weighted by molar-refractivity contribution is -0.165. The van der Waals surface area contributed by atoms with E-state index in [0.717, 1.165) is 6.92 Å². The molecule has 0 saturated carbocycles. The van der Waals surface area contributed by atoms with Crippen molar-refractivity contribution in [3.8, 4) is 0 Å². The molecule has 2 heterocycles. The second-order valence-corrected chi connectivity index (χ2v) is 7.93. The molecule has 4 atom stereocenters. The summed E-state index contributed by atoms with van der Waals surface area (Å²) in [4.78, 5) is 27.5. The third kappa shape index (κ3) is 5.03. The summed E-state index contributed by atoms with van der Waals surface area (Å²) in [6.45, 7) is 1.79. The fraction of sp³-hybridized carbons (Fsp3) is 0.438. The Hall–Kier alpha value is -2.25. The van der Waals surface area contributed by atoms with Gasteiger partial charge in [-0.15, -0.1) is 0 Å². The molecule has 1 aliphatic heterocycles. The maximum Gasteiger partial charge on any atom is 0.333 e. The molecule has 0 amide bonds. The monoisotopic (exact) mass is 447 g/mol. The van der Waals surface area contributed by atoms with Crippen molar-refractivity contribution in [3.05, 3.63) is 29.5 Å². The van der Waals surface area contributed by atoms with E-state index in [0.29, 0.717) is 16.1 Å². The Morgan fingerprint density at radius 2 is 1.90 bits per heavy atom. The third-order valence-electron chi connectivity index (χ3n) is 4.10. The Balaban J connectivity index is 2.00. The van der Waals surface area contributed by atoms with Crippen LogP contribution < -0.4 is 5.14 Å². The lowest BCUT2D eigenvalue weighted by Gasteiger charge is -2.23. The van der Waals surface area contributed by atoms with E-state index >= 15 is 0 Å². The third-order valence-corrected chi connectivity index (χ3v) is 4.80. The number of carbonyl (C=O) groups is 2. The van der Waals surface area contributed by atoms with Crippen LogP contribution in [0.3, 0.4) is 0 Å². The van der Waals surface area contributed by atoms with Crippen molar-refractivity contribution in [3.63, 3.8) is 0 Å². The van der Waals surface area contributed by atoms with Gasteiger partial charge in [0, 0.05) is 18.9 Å². The highest BCUT2D eigenvalue weighted by Gasteiger charge is 2.50. The predicted octanol–water partition coefficient (Wildman–Crippen LogP) is 0.671. The van der Waals surface area contributed by atoms with Gasteiger partial charge in [0.15, 0.2) is 18.4 Å². The van der Waals surface area contributed by atoms with Gasteiger partial charge in [-0.1, -0.05) is 11.6 Å². The molecule has 2 aromatic rings. The molecule has 0 unspecified atom stereocenters. The molecule has 1 aromatic carbocycles. The van der Waals surface area contributed by atoms with Crippen LogP contribution in [0.2, 0.25) is 5.02 Å². The standard InChI is InChI=1S/C16H18ClN3O8S/c1-8(21)26-14-13(6-25-29(18,23)24)28-16(15(14)27-9(2)22)20-7-19-11-5-10(17)3-4-12(11)20/h3-5,7,13-16H,6H2,1-2H3,(H2,18,23,24)/t13-,14-,15-,16-/m1/s1. The summed E-state index contributed by atoms with van der Waals surface area (Å²) in [6, 6.07) is 4.96. The highest BCUT2D eigenvalue weighted by Crippen LogP contribution is 2.36. The smallest absolute Gasteiger partial charge is 0.333 e. The fourth-order valence-corrected chi connectivity index (χ4v) is 3.58. The van der Waals surface area contributed by atoms with E-state index in [4.69, 9.17) is 31.0 Å². The van der Waals surface area contributed by atoms with E-state index < -0.39 is 53.4 Å². The van der Waals surface area contributed by atoms with E-state index in [-0.39, 0.29) is 0 Å². The number of hydrogen-bond donors (Lipinski definition) is 1. The number of imidazole rings is 1. The normalized spacial score (nSPS) is 24.6. The molecule has 1 aliphatic rings. The van der Waals surface area contributed by atoms with Crippen molar-refractivity contribution in [2.75, 3.05) is 6.61 Å². The van der Waals surface area contributed by atoms with E-state index in [2.05, 4.69) is 9.17 Å². The minimum absolute atomic E-state index is 0.476. The zero-order valence-electron chi connectivity index (χ0n) is 15.3. The molecule has 0 bridgehead atoms. The van der Waals surface area contributed by atoms with E-state index in [1.54, 1.807) is 22.8 Å². The maximum atomic E-state index is 11.7. The van der Waals surface area contributed by atoms with Gasteiger partial charge in [-0.2, -0.15) is 8.42 Å². The number of aromatic nitrogens is 2. The van der Waals surface area contributed by atoms with E-state index in [1.807, 2.05) is 0 Å². The van der Waals surface area contributed by atoms with Crippen LogP contribution in [0.25, 0.3) is 11.0 Å². The largest absolute Gasteiger partial charge is 0.456 e. The Kier molecular flexibility index (Phi) is 6.10. The second kappa shape index (κ2) is 8.24. The van der Waals surface area contributed by atoms with Crippen LogP contribution in [-0.2, 0) is 38.3 Å². The number of rotatable bonds is 6. The molecule has 2 N–H and O–H groups in total. The summed E-state index contributed by atoms with van der Waals surface area (Å²) >= 11 is 5.98. The Morgan fingerprint density at radius 3 is 2.52 bits per heavy atom. The lowest BCUT2D eigenvalue weighted by atomic mass is 10.1. The average molecular weight is 448 g/mol. The molecular weight excluding hydrogens is 430 g/mol. The number of halogens is 1. The number of ether oxygens (including phenoxy) is 3. The van der Waals surface area contributed by atoms with Gasteiger partial charge in [0.1, 0.15) is 6.10 Å². The SMILES string of the molecule is CC(=O)O[C@@H]1[C@H](OC(C)=O)[C@@H](COS(N)(=O)=O)O[C@H]1n1cnc2cc(Cl)ccc21. The number of nitrogens with two attached hydrogens (primary N) is 1. The predicted molar refractivity (Wildman–Crippen MR) is 98.8 cm³/mol. The van der Waals surface area contributed by atoms with Crippen molar-refractivity contribution in [1.29, 1.82) is 0 Å². The van der Waals surface area contributed by atoms with E-state index in [9.17, 15) is 18.0 Å². The van der Waals surface area contributed by atoms with Crippen molar-refractivity contribution < 1.29 is 36.4 Å². The van der Waals surface area contributed by atoms with Gasteiger partial charge < -0.3 is 18.8 Å². The Bertz CT molecular complexity index is 1040. The summed E-state index contributed by atoms with van der Waals surface area (Å²) in [7, 11) is -4.28. The molecular formula is C16H18ClN3O8S. The Labute approximate surface area is 170 Å². The number of fused-ring (bicyclic) bond motifs is 1. The second-order valence-electron chi connectivity index (χ2n) is 6.28. The van der Waals surface area contributed by atoms with Gasteiger partial charge in [-0.25, -0.2) is 10.1 Å². The van der Waals surface area contributed by atoms with Crippen molar-refractivity contribution >= 4 is 44.9 Å². The zero-order chi connectivity index (χ0) is 21.3. The fourth-order valence-electron chi connectivity index (χ4n) is 3.09. The zero-order valence-corrected chi connectivity index (χ0v) is 16.9. The number of esters is 2. The topological polar surface area (TPSA) is 149 Å². The summed E-state index contributed by atoms with van der Waals surface area (Å²) in [6.07, 6.45) is -2.87. The highest BCUT2D eigenvalue weighted by atomic mass is 35.5. The number of carbonyl (C=O) groups excluding carboxylic acids is 2. The van der Waals surface area contributed by atoms with Crippen LogP contribution in [0.15, 0.2) is 24.5 Å². The van der Waals surface area contributed by atoms with Crippen molar-refractivity contribution in [2.24, 2.45) is 5.14 Å². The van der Waals surface area contributed by atoms with Crippen LogP contribution in [0.5, 0.6) is 0 Å². The van der Waals surface area contributed by atoms with Crippen LogP contribution in [0.4, 0.5) is 0 Å². The van der Waals surface area contributed by atoms with Gasteiger partial charge in [-0.3, -0.25) is 13.8 Å². The van der Waals surface area contributed by atoms with Gasteiger partial charge in [-0.05, 0) is 18.2 Å². The molecule has 158 valence electrons. The molecule has 11 nitrogen and oxygen atoms in total. The van der Waals surface area contributed by atoms with Gasteiger partial charge in [0.2, 0.25) is 0 Å². The minimum atomic E-state index is -4.28. The molecule has 29 heavy (non-hydrogen) atoms. The van der Waals surface area contributed by atoms with E-state index in [1.165, 1.54) is 13.3 Å². The summed E-state index contributed by atoms with van der Waals surface area (Å²) < 4.78 is 45.0. The summed E-state index contributed by atoms with van der Waals surface area (Å²) in [5, 5.41) is 5.34. The Morgan fingerprint density at radius 1 is 1.24 bits per heavy atom. The molecule has 0 spiro atoms. The van der Waals surface area contributed by atoms with Gasteiger partial charge in [0.25, 0.3) is 0 Å². The number of nitrogens with zero attached hydrogens (tertiary/aromatic N) is 2. The number of benzene rings is 1. The summed E-state index contributed by atoms with van der Waals surface area (Å²) in [5.41, 5.74) is 1.15. The molecule has 1 saturated heterocycles. The molecule has 0 aliphatic carbocycles. The van der Waals surface area contributed by atoms with Crippen molar-refractivity contribution in [2.45, 2.75) is 38.4 Å². The molecule has 13 heteroatoms. The van der Waals surface area contributed by atoms with Crippen LogP contribution in [0.1, 0.15) is 20.1 Å². The van der Waals surface area contributed by atoms with Crippen LogP contribution in [0, 0.1) is 0 Å². The van der Waals surface area contributed by atoms with Crippen LogP contribution >= 0.6 is 11.6 Å². The highest BCUT2D eigenvalue weighted by molar-refractivity contribution is 7.84. The van der Waals surface area contributed by atoms with Crippen LogP contribution in [-0.4, -0.2) is 54.8 Å². The molecule has 1 aromatic heterocycles. The quantitative estimate of drug-likeness (QED) is 0.630. The molecule has 3 rings (SSSR count). The summed E-state index contributed by atoms with van der Waals surface area (Å²) in [5.74, 6) is -1.33. The molecule has 0 radical (unpaired) electrons. The van der Waals surface area contributed by atoms with Crippen molar-refractivity contribution in [1.82, 2.24) is 9.55 Å². The van der Waals surface area contributed by atoms with Gasteiger partial charge in [0.05, 0.1) is 24.0 Å². The first kappa shape index (κ1) is 21.5. The number of hydrogen-bond acceptors (Lipinski definition) is 9. The minimum Gasteiger partial charge on any atom is -0.456 e. The first-order valence-corrected chi connectivity index (χ1v) is 10.2. The first-order chi connectivity index (χ1) is 13.5. The maximum absolute atomic E-state index is 11.7. The average Bonchev–Trinajstić information content (AvgIpc) is 3.13.